The third-order valence-corrected chi connectivity index (χ3v) is 2.99. The minimum Gasteiger partial charge on any atom is -0.480 e. The fraction of sp³-hybridized carbons (Fsp3) is 0.615. The molecule has 1 N–H and O–H groups in total. The van der Waals surface area contributed by atoms with Gasteiger partial charge in [-0.05, 0) is 33.8 Å². The fourth-order valence-electron chi connectivity index (χ4n) is 2.10. The van der Waals surface area contributed by atoms with Gasteiger partial charge < -0.3 is 10.0 Å². The maximum atomic E-state index is 12.0. The zero-order chi connectivity index (χ0) is 14.6. The molecule has 0 saturated heterocycles. The predicted octanol–water partition coefficient (Wildman–Crippen LogP) is 1.38. The Hall–Kier alpha value is -1.85. The molecule has 1 atom stereocenters. The molecule has 6 nitrogen and oxygen atoms in total. The smallest absolute Gasteiger partial charge is 0.323 e. The van der Waals surface area contributed by atoms with Crippen LogP contribution in [0.5, 0.6) is 0 Å². The summed E-state index contributed by atoms with van der Waals surface area (Å²) in [4.78, 5) is 24.0. The van der Waals surface area contributed by atoms with Crippen LogP contribution in [0.25, 0.3) is 0 Å². The van der Waals surface area contributed by atoms with Crippen molar-refractivity contribution in [1.82, 2.24) is 14.7 Å². The number of carboxylic acids is 1. The number of hydrogen-bond donors (Lipinski definition) is 1. The first-order valence-electron chi connectivity index (χ1n) is 6.37. The van der Waals surface area contributed by atoms with Crippen LogP contribution in [0.2, 0.25) is 0 Å². The van der Waals surface area contributed by atoms with Gasteiger partial charge >= 0.3 is 5.97 Å². The standard InChI is InChI=1S/C13H21N3O3/c1-5-15(8-13(18)19)12(17)7-11(4)16-10(3)6-9(2)14-16/h6,11H,5,7-8H2,1-4H3,(H,18,19). The average molecular weight is 267 g/mol. The van der Waals surface area contributed by atoms with Crippen molar-refractivity contribution in [2.24, 2.45) is 0 Å². The molecule has 1 amide bonds. The van der Waals surface area contributed by atoms with Crippen molar-refractivity contribution in [1.29, 1.82) is 0 Å². The molecule has 0 aromatic carbocycles. The summed E-state index contributed by atoms with van der Waals surface area (Å²) in [5.74, 6) is -1.15. The van der Waals surface area contributed by atoms with Gasteiger partial charge in [0.2, 0.25) is 5.91 Å². The number of carbonyl (C=O) groups is 2. The topological polar surface area (TPSA) is 75.4 Å². The van der Waals surface area contributed by atoms with E-state index in [9.17, 15) is 9.59 Å². The van der Waals surface area contributed by atoms with Gasteiger partial charge in [0.25, 0.3) is 0 Å². The monoisotopic (exact) mass is 267 g/mol. The third-order valence-electron chi connectivity index (χ3n) is 2.99. The molecule has 0 aliphatic rings. The van der Waals surface area contributed by atoms with E-state index in [1.807, 2.05) is 31.5 Å². The van der Waals surface area contributed by atoms with Crippen LogP contribution < -0.4 is 0 Å². The van der Waals surface area contributed by atoms with E-state index in [4.69, 9.17) is 5.11 Å². The van der Waals surface area contributed by atoms with E-state index < -0.39 is 5.97 Å². The number of rotatable bonds is 6. The maximum absolute atomic E-state index is 12.0. The van der Waals surface area contributed by atoms with Crippen LogP contribution in [-0.4, -0.2) is 44.8 Å². The molecule has 0 bridgehead atoms. The highest BCUT2D eigenvalue weighted by molar-refractivity contribution is 5.81. The normalized spacial score (nSPS) is 12.2. The van der Waals surface area contributed by atoms with Crippen molar-refractivity contribution in [3.8, 4) is 0 Å². The molecule has 1 aromatic heterocycles. The molecule has 0 saturated carbocycles. The number of aromatic nitrogens is 2. The highest BCUT2D eigenvalue weighted by Gasteiger charge is 2.19. The molecule has 0 fully saturated rings. The number of amides is 1. The minimum atomic E-state index is -0.992. The molecule has 1 unspecified atom stereocenters. The minimum absolute atomic E-state index is 0.0796. The zero-order valence-electron chi connectivity index (χ0n) is 11.9. The Labute approximate surface area is 113 Å². The van der Waals surface area contributed by atoms with Crippen LogP contribution in [0, 0.1) is 13.8 Å². The van der Waals surface area contributed by atoms with Crippen molar-refractivity contribution >= 4 is 11.9 Å². The summed E-state index contributed by atoms with van der Waals surface area (Å²) in [6.07, 6.45) is 0.253. The number of aryl methyl sites for hydroxylation is 2. The van der Waals surface area contributed by atoms with Gasteiger partial charge in [-0.2, -0.15) is 5.10 Å². The molecular weight excluding hydrogens is 246 g/mol. The van der Waals surface area contributed by atoms with Crippen LogP contribution in [0.3, 0.4) is 0 Å². The van der Waals surface area contributed by atoms with Crippen molar-refractivity contribution in [2.75, 3.05) is 13.1 Å². The van der Waals surface area contributed by atoms with Crippen LogP contribution >= 0.6 is 0 Å². The Morgan fingerprint density at radius 2 is 2.11 bits per heavy atom. The zero-order valence-corrected chi connectivity index (χ0v) is 11.9. The second-order valence-electron chi connectivity index (χ2n) is 4.73. The highest BCUT2D eigenvalue weighted by Crippen LogP contribution is 2.15. The number of aliphatic carboxylic acids is 1. The summed E-state index contributed by atoms with van der Waals surface area (Å²) in [6.45, 7) is 7.67. The fourth-order valence-corrected chi connectivity index (χ4v) is 2.10. The first-order valence-corrected chi connectivity index (χ1v) is 6.37. The molecule has 1 rings (SSSR count). The Kier molecular flexibility index (Phi) is 5.09. The lowest BCUT2D eigenvalue weighted by Crippen LogP contribution is -2.36. The van der Waals surface area contributed by atoms with E-state index in [1.54, 1.807) is 6.92 Å². The Morgan fingerprint density at radius 3 is 2.53 bits per heavy atom. The maximum Gasteiger partial charge on any atom is 0.323 e. The van der Waals surface area contributed by atoms with Gasteiger partial charge in [0.05, 0.1) is 11.7 Å². The quantitative estimate of drug-likeness (QED) is 0.845. The van der Waals surface area contributed by atoms with Crippen molar-refractivity contribution in [3.63, 3.8) is 0 Å². The summed E-state index contributed by atoms with van der Waals surface area (Å²) >= 11 is 0. The first-order chi connectivity index (χ1) is 8.85. The Bertz CT molecular complexity index is 468. The second kappa shape index (κ2) is 6.36. The van der Waals surface area contributed by atoms with Crippen molar-refractivity contribution in [2.45, 2.75) is 40.2 Å². The largest absolute Gasteiger partial charge is 0.480 e. The average Bonchev–Trinajstić information content (AvgIpc) is 2.64. The molecule has 1 heterocycles. The molecule has 0 spiro atoms. The number of carbonyl (C=O) groups excluding carboxylic acids is 1. The van der Waals surface area contributed by atoms with Gasteiger partial charge in [-0.1, -0.05) is 0 Å². The Balaban J connectivity index is 2.70. The van der Waals surface area contributed by atoms with Gasteiger partial charge in [0, 0.05) is 18.7 Å². The SMILES string of the molecule is CCN(CC(=O)O)C(=O)CC(C)n1nc(C)cc1C. The van der Waals surface area contributed by atoms with Gasteiger partial charge in [0.1, 0.15) is 6.54 Å². The number of likely N-dealkylation sites (N-methyl/N-ethyl adjacent to an activating group) is 1. The summed E-state index contributed by atoms with van der Waals surface area (Å²) in [5, 5.41) is 13.1. The molecular formula is C13H21N3O3. The molecule has 6 heteroatoms. The third kappa shape index (κ3) is 4.08. The molecule has 19 heavy (non-hydrogen) atoms. The van der Waals surface area contributed by atoms with Gasteiger partial charge in [-0.3, -0.25) is 14.3 Å². The van der Waals surface area contributed by atoms with E-state index >= 15 is 0 Å². The van der Waals surface area contributed by atoms with Crippen LogP contribution in [0.4, 0.5) is 0 Å². The van der Waals surface area contributed by atoms with Crippen LogP contribution in [-0.2, 0) is 9.59 Å². The van der Waals surface area contributed by atoms with Gasteiger partial charge in [-0.15, -0.1) is 0 Å². The van der Waals surface area contributed by atoms with E-state index in [2.05, 4.69) is 5.10 Å². The molecule has 0 aliphatic heterocycles. The predicted molar refractivity (Wildman–Crippen MR) is 70.9 cm³/mol. The van der Waals surface area contributed by atoms with Crippen molar-refractivity contribution in [3.05, 3.63) is 17.5 Å². The van der Waals surface area contributed by atoms with E-state index in [0.717, 1.165) is 11.4 Å². The lowest BCUT2D eigenvalue weighted by molar-refractivity contribution is -0.144. The number of hydrogen-bond acceptors (Lipinski definition) is 3. The highest BCUT2D eigenvalue weighted by atomic mass is 16.4. The summed E-state index contributed by atoms with van der Waals surface area (Å²) in [6, 6.07) is 1.87. The molecule has 0 aliphatic carbocycles. The Morgan fingerprint density at radius 1 is 1.47 bits per heavy atom. The van der Waals surface area contributed by atoms with E-state index in [-0.39, 0.29) is 24.9 Å². The first kappa shape index (κ1) is 15.2. The van der Waals surface area contributed by atoms with Gasteiger partial charge in [0.15, 0.2) is 0 Å². The lowest BCUT2D eigenvalue weighted by Gasteiger charge is -2.21. The van der Waals surface area contributed by atoms with Crippen molar-refractivity contribution < 1.29 is 14.7 Å². The molecule has 1 aromatic rings. The van der Waals surface area contributed by atoms with Crippen LogP contribution in [0.15, 0.2) is 6.07 Å². The number of carboxylic acid groups (broad SMARTS) is 1. The van der Waals surface area contributed by atoms with E-state index in [0.29, 0.717) is 6.54 Å². The lowest BCUT2D eigenvalue weighted by atomic mass is 10.2. The van der Waals surface area contributed by atoms with Crippen LogP contribution in [0.1, 0.15) is 37.7 Å². The summed E-state index contributed by atoms with van der Waals surface area (Å²) in [5.41, 5.74) is 1.91. The van der Waals surface area contributed by atoms with E-state index in [1.165, 1.54) is 4.90 Å². The molecule has 0 radical (unpaired) electrons. The second-order valence-corrected chi connectivity index (χ2v) is 4.73. The number of nitrogens with zero attached hydrogens (tertiary/aromatic N) is 3. The molecule has 106 valence electrons. The summed E-state index contributed by atoms with van der Waals surface area (Å²) < 4.78 is 1.81. The summed E-state index contributed by atoms with van der Waals surface area (Å²) in [7, 11) is 0. The van der Waals surface area contributed by atoms with Gasteiger partial charge in [-0.25, -0.2) is 0 Å².